The highest BCUT2D eigenvalue weighted by Gasteiger charge is 2.12. The highest BCUT2D eigenvalue weighted by atomic mass is 15.5. The Morgan fingerprint density at radius 3 is 2.19 bits per heavy atom. The van der Waals surface area contributed by atoms with E-state index in [2.05, 4.69) is 28.4 Å². The first-order valence-corrected chi connectivity index (χ1v) is 5.60. The van der Waals surface area contributed by atoms with Gasteiger partial charge in [0.25, 0.3) is 0 Å². The first kappa shape index (κ1) is 9.34. The van der Waals surface area contributed by atoms with E-state index in [-0.39, 0.29) is 6.54 Å². The van der Waals surface area contributed by atoms with Crippen LogP contribution in [0.2, 0.25) is 0 Å². The van der Waals surface area contributed by atoms with Crippen LogP contribution in [-0.2, 0) is 19.4 Å². The van der Waals surface area contributed by atoms with Gasteiger partial charge in [0.15, 0.2) is 0 Å². The van der Waals surface area contributed by atoms with Gasteiger partial charge in [0.2, 0.25) is 0 Å². The maximum absolute atomic E-state index is 8.61. The quantitative estimate of drug-likeness (QED) is 0.724. The summed E-state index contributed by atoms with van der Waals surface area (Å²) in [5, 5.41) is 17.2. The maximum Gasteiger partial charge on any atom is 0.147 e. The Labute approximate surface area is 93.5 Å². The predicted molar refractivity (Wildman–Crippen MR) is 59.8 cm³/mol. The molecule has 16 heavy (non-hydrogen) atoms. The van der Waals surface area contributed by atoms with Crippen LogP contribution in [-0.4, -0.2) is 15.0 Å². The smallest absolute Gasteiger partial charge is 0.147 e. The van der Waals surface area contributed by atoms with Crippen LogP contribution in [0.15, 0.2) is 12.1 Å². The van der Waals surface area contributed by atoms with Gasteiger partial charge in [-0.3, -0.25) is 0 Å². The lowest BCUT2D eigenvalue weighted by atomic mass is 9.91. The molecule has 4 nitrogen and oxygen atoms in total. The van der Waals surface area contributed by atoms with Crippen molar-refractivity contribution in [2.75, 3.05) is 0 Å². The summed E-state index contributed by atoms with van der Waals surface area (Å²) in [6.07, 6.45) is 4.84. The van der Waals surface area contributed by atoms with Gasteiger partial charge >= 0.3 is 0 Å². The topological polar surface area (TPSA) is 54.5 Å². The van der Waals surface area contributed by atoms with E-state index >= 15 is 0 Å². The number of hydrogen-bond donors (Lipinski definition) is 0. The molecule has 0 aliphatic heterocycles. The molecule has 1 heterocycles. The summed E-state index contributed by atoms with van der Waals surface area (Å²) in [7, 11) is 0. The average Bonchev–Trinajstić information content (AvgIpc) is 2.67. The molecule has 0 fully saturated rings. The van der Waals surface area contributed by atoms with Gasteiger partial charge in [0, 0.05) is 0 Å². The van der Waals surface area contributed by atoms with Gasteiger partial charge in [-0.2, -0.15) is 20.3 Å². The molecule has 0 N–H and O–H groups in total. The minimum atomic E-state index is 0.222. The third-order valence-electron chi connectivity index (χ3n) is 3.10. The van der Waals surface area contributed by atoms with Crippen molar-refractivity contribution in [2.45, 2.75) is 32.2 Å². The Morgan fingerprint density at radius 1 is 1.12 bits per heavy atom. The first-order valence-electron chi connectivity index (χ1n) is 5.60. The highest BCUT2D eigenvalue weighted by Crippen LogP contribution is 2.24. The van der Waals surface area contributed by atoms with E-state index < -0.39 is 0 Å². The SMILES string of the molecule is N#CCn1nc2cc3c(cc2n1)CCCC3. The number of aromatic nitrogens is 3. The number of nitrogens with zero attached hydrogens (tertiary/aromatic N) is 4. The molecule has 0 saturated carbocycles. The molecule has 80 valence electrons. The molecule has 2 aromatic rings. The second kappa shape index (κ2) is 3.60. The van der Waals surface area contributed by atoms with Gasteiger partial charge < -0.3 is 0 Å². The molecule has 0 saturated heterocycles. The fourth-order valence-corrected chi connectivity index (χ4v) is 2.32. The summed E-state index contributed by atoms with van der Waals surface area (Å²) in [5.41, 5.74) is 4.64. The number of benzene rings is 1. The molecule has 1 aromatic carbocycles. The first-order chi connectivity index (χ1) is 7.86. The monoisotopic (exact) mass is 212 g/mol. The third kappa shape index (κ3) is 1.45. The van der Waals surface area contributed by atoms with Crippen molar-refractivity contribution in [2.24, 2.45) is 0 Å². The van der Waals surface area contributed by atoms with Crippen molar-refractivity contribution in [1.82, 2.24) is 15.0 Å². The molecule has 0 unspecified atom stereocenters. The van der Waals surface area contributed by atoms with E-state index in [1.54, 1.807) is 0 Å². The molecule has 1 aliphatic carbocycles. The van der Waals surface area contributed by atoms with Crippen molar-refractivity contribution >= 4 is 11.0 Å². The minimum Gasteiger partial charge on any atom is -0.196 e. The molecule has 0 bridgehead atoms. The van der Waals surface area contributed by atoms with Crippen molar-refractivity contribution < 1.29 is 0 Å². The predicted octanol–water partition coefficient (Wildman–Crippen LogP) is 1.83. The number of hydrogen-bond acceptors (Lipinski definition) is 3. The Hall–Kier alpha value is -1.89. The summed E-state index contributed by atoms with van der Waals surface area (Å²) in [4.78, 5) is 1.47. The standard InChI is InChI=1S/C12H12N4/c13-5-6-16-14-11-7-9-3-1-2-4-10(9)8-12(11)15-16/h7-8H,1-4,6H2. The zero-order valence-corrected chi connectivity index (χ0v) is 8.98. The maximum atomic E-state index is 8.61. The number of nitriles is 1. The molecule has 0 radical (unpaired) electrons. The van der Waals surface area contributed by atoms with E-state index in [4.69, 9.17) is 5.26 Å². The van der Waals surface area contributed by atoms with Crippen LogP contribution in [0.4, 0.5) is 0 Å². The third-order valence-corrected chi connectivity index (χ3v) is 3.10. The lowest BCUT2D eigenvalue weighted by Crippen LogP contribution is -2.01. The fourth-order valence-electron chi connectivity index (χ4n) is 2.32. The normalized spacial score (nSPS) is 14.7. The van der Waals surface area contributed by atoms with Crippen LogP contribution in [0.3, 0.4) is 0 Å². The Kier molecular flexibility index (Phi) is 2.10. The molecular weight excluding hydrogens is 200 g/mol. The van der Waals surface area contributed by atoms with E-state index in [0.29, 0.717) is 0 Å². The molecule has 1 aromatic heterocycles. The van der Waals surface area contributed by atoms with Gasteiger partial charge in [-0.25, -0.2) is 0 Å². The largest absolute Gasteiger partial charge is 0.196 e. The molecule has 0 amide bonds. The average molecular weight is 212 g/mol. The van der Waals surface area contributed by atoms with Gasteiger partial charge in [0.05, 0.1) is 6.07 Å². The Morgan fingerprint density at radius 2 is 1.69 bits per heavy atom. The molecule has 4 heteroatoms. The highest BCUT2D eigenvalue weighted by molar-refractivity contribution is 5.76. The summed E-state index contributed by atoms with van der Waals surface area (Å²) >= 11 is 0. The van der Waals surface area contributed by atoms with Crippen LogP contribution in [0, 0.1) is 11.3 Å². The summed E-state index contributed by atoms with van der Waals surface area (Å²) < 4.78 is 0. The van der Waals surface area contributed by atoms with Crippen LogP contribution >= 0.6 is 0 Å². The minimum absolute atomic E-state index is 0.222. The van der Waals surface area contributed by atoms with E-state index in [0.717, 1.165) is 23.9 Å². The fraction of sp³-hybridized carbons (Fsp3) is 0.417. The summed E-state index contributed by atoms with van der Waals surface area (Å²) in [6.45, 7) is 0.222. The van der Waals surface area contributed by atoms with Crippen LogP contribution in [0.1, 0.15) is 24.0 Å². The lowest BCUT2D eigenvalue weighted by Gasteiger charge is -2.14. The van der Waals surface area contributed by atoms with Gasteiger partial charge in [0.1, 0.15) is 17.6 Å². The van der Waals surface area contributed by atoms with E-state index in [9.17, 15) is 0 Å². The van der Waals surface area contributed by atoms with Gasteiger partial charge in [-0.15, -0.1) is 0 Å². The molecule has 3 rings (SSSR count). The van der Waals surface area contributed by atoms with Crippen LogP contribution in [0.25, 0.3) is 11.0 Å². The zero-order chi connectivity index (χ0) is 11.0. The van der Waals surface area contributed by atoms with E-state index in [1.165, 1.54) is 28.8 Å². The van der Waals surface area contributed by atoms with E-state index in [1.807, 2.05) is 0 Å². The summed E-state index contributed by atoms with van der Waals surface area (Å²) in [6, 6.07) is 6.31. The van der Waals surface area contributed by atoms with Crippen molar-refractivity contribution in [1.29, 1.82) is 5.26 Å². The lowest BCUT2D eigenvalue weighted by molar-refractivity contribution is 0.618. The van der Waals surface area contributed by atoms with Crippen LogP contribution < -0.4 is 0 Å². The van der Waals surface area contributed by atoms with Crippen molar-refractivity contribution in [3.63, 3.8) is 0 Å². The van der Waals surface area contributed by atoms with Crippen LogP contribution in [0.5, 0.6) is 0 Å². The Bertz CT molecular complexity index is 533. The Balaban J connectivity index is 2.13. The van der Waals surface area contributed by atoms with Gasteiger partial charge in [-0.05, 0) is 48.9 Å². The molecular formula is C12H12N4. The molecule has 0 atom stereocenters. The second-order valence-corrected chi connectivity index (χ2v) is 4.21. The van der Waals surface area contributed by atoms with Crippen molar-refractivity contribution in [3.8, 4) is 6.07 Å². The van der Waals surface area contributed by atoms with Gasteiger partial charge in [-0.1, -0.05) is 0 Å². The second-order valence-electron chi connectivity index (χ2n) is 4.21. The number of rotatable bonds is 1. The molecule has 1 aliphatic rings. The number of fused-ring (bicyclic) bond motifs is 2. The zero-order valence-electron chi connectivity index (χ0n) is 8.98. The summed E-state index contributed by atoms with van der Waals surface area (Å²) in [5.74, 6) is 0. The number of aryl methyl sites for hydroxylation is 2. The molecule has 0 spiro atoms. The van der Waals surface area contributed by atoms with Crippen molar-refractivity contribution in [3.05, 3.63) is 23.3 Å².